The van der Waals surface area contributed by atoms with Crippen LogP contribution in [-0.4, -0.2) is 25.6 Å². The highest BCUT2D eigenvalue weighted by molar-refractivity contribution is 6.12. The Hall–Kier alpha value is -3.60. The maximum Gasteiger partial charge on any atom is 0.164 e. The average molecular weight is 456 g/mol. The van der Waals surface area contributed by atoms with Gasteiger partial charge in [-0.3, -0.25) is 0 Å². The highest BCUT2D eigenvalue weighted by Gasteiger charge is 2.29. The lowest BCUT2D eigenvalue weighted by molar-refractivity contribution is 0.319. The van der Waals surface area contributed by atoms with Crippen LogP contribution in [0.2, 0.25) is 0 Å². The number of phenolic OH excluding ortho intramolecular Hbond substituents is 1. The SMILES string of the molecule is CC(C)(C)c1cc(/C(=N/O)c2nc3ccccc3n2Cc2ccccc2)cc(C(C)(C)C)c1O. The Bertz CT molecular complexity index is 1320. The molecular weight excluding hydrogens is 422 g/mol. The van der Waals surface area contributed by atoms with Gasteiger partial charge in [0.1, 0.15) is 5.75 Å². The zero-order valence-corrected chi connectivity index (χ0v) is 20.8. The van der Waals surface area contributed by atoms with E-state index in [-0.39, 0.29) is 10.8 Å². The van der Waals surface area contributed by atoms with E-state index >= 15 is 0 Å². The molecule has 4 aromatic rings. The van der Waals surface area contributed by atoms with Gasteiger partial charge in [0, 0.05) is 23.2 Å². The zero-order chi connectivity index (χ0) is 24.7. The van der Waals surface area contributed by atoms with E-state index in [9.17, 15) is 10.3 Å². The maximum atomic E-state index is 11.2. The van der Waals surface area contributed by atoms with Crippen LogP contribution in [0.5, 0.6) is 5.75 Å². The quantitative estimate of drug-likeness (QED) is 0.207. The van der Waals surface area contributed by atoms with Crippen molar-refractivity contribution in [2.24, 2.45) is 5.16 Å². The van der Waals surface area contributed by atoms with Crippen LogP contribution < -0.4 is 0 Å². The van der Waals surface area contributed by atoms with E-state index in [1.54, 1.807) is 0 Å². The second-order valence-electron chi connectivity index (χ2n) is 10.9. The molecule has 0 amide bonds. The summed E-state index contributed by atoms with van der Waals surface area (Å²) >= 11 is 0. The molecule has 0 fully saturated rings. The van der Waals surface area contributed by atoms with Crippen LogP contribution in [0, 0.1) is 0 Å². The molecule has 1 heterocycles. The first-order chi connectivity index (χ1) is 16.0. The first-order valence-corrected chi connectivity index (χ1v) is 11.6. The van der Waals surface area contributed by atoms with E-state index < -0.39 is 0 Å². The van der Waals surface area contributed by atoms with Gasteiger partial charge in [-0.15, -0.1) is 0 Å². The number of benzene rings is 3. The molecule has 5 nitrogen and oxygen atoms in total. The average Bonchev–Trinajstić information content (AvgIpc) is 3.12. The summed E-state index contributed by atoms with van der Waals surface area (Å²) in [6, 6.07) is 22.0. The molecule has 2 N–H and O–H groups in total. The topological polar surface area (TPSA) is 70.6 Å². The van der Waals surface area contributed by atoms with Gasteiger partial charge < -0.3 is 14.9 Å². The molecule has 0 atom stereocenters. The second kappa shape index (κ2) is 8.64. The molecule has 3 aromatic carbocycles. The van der Waals surface area contributed by atoms with Gasteiger partial charge >= 0.3 is 0 Å². The smallest absolute Gasteiger partial charge is 0.164 e. The molecule has 0 saturated heterocycles. The Morgan fingerprint density at radius 2 is 1.41 bits per heavy atom. The molecule has 0 unspecified atom stereocenters. The van der Waals surface area contributed by atoms with Gasteiger partial charge in [0.25, 0.3) is 0 Å². The van der Waals surface area contributed by atoms with E-state index in [4.69, 9.17) is 4.98 Å². The van der Waals surface area contributed by atoms with E-state index in [1.807, 2.05) is 54.6 Å². The summed E-state index contributed by atoms with van der Waals surface area (Å²) in [6.45, 7) is 13.0. The van der Waals surface area contributed by atoms with Crippen molar-refractivity contribution >= 4 is 16.7 Å². The van der Waals surface area contributed by atoms with Crippen molar-refractivity contribution in [3.8, 4) is 5.75 Å². The van der Waals surface area contributed by atoms with Crippen LogP contribution >= 0.6 is 0 Å². The highest BCUT2D eigenvalue weighted by Crippen LogP contribution is 2.40. The molecule has 0 aliphatic rings. The van der Waals surface area contributed by atoms with Crippen molar-refractivity contribution < 1.29 is 10.3 Å². The highest BCUT2D eigenvalue weighted by atomic mass is 16.4. The third-order valence-corrected chi connectivity index (χ3v) is 6.15. The lowest BCUT2D eigenvalue weighted by Gasteiger charge is -2.28. The molecule has 5 heteroatoms. The van der Waals surface area contributed by atoms with E-state index in [0.717, 1.165) is 33.3 Å². The molecule has 0 aliphatic carbocycles. The standard InChI is InChI=1S/C29H33N3O2/c1-28(2,3)21-16-20(17-22(26(21)33)29(4,5)6)25(31-34)27-30-23-14-10-11-15-24(23)32(27)18-19-12-8-7-9-13-19/h7-17,33-34H,18H2,1-6H3/b31-25-. The minimum absolute atomic E-state index is 0.291. The van der Waals surface area contributed by atoms with Crippen LogP contribution in [0.4, 0.5) is 0 Å². The molecular formula is C29H33N3O2. The van der Waals surface area contributed by atoms with Crippen molar-refractivity contribution in [1.29, 1.82) is 0 Å². The van der Waals surface area contributed by atoms with E-state index in [2.05, 4.69) is 63.4 Å². The molecule has 176 valence electrons. The summed E-state index contributed by atoms with van der Waals surface area (Å²) in [5, 5.41) is 25.2. The fourth-order valence-corrected chi connectivity index (χ4v) is 4.33. The summed E-state index contributed by atoms with van der Waals surface area (Å²) in [7, 11) is 0. The fourth-order valence-electron chi connectivity index (χ4n) is 4.33. The van der Waals surface area contributed by atoms with Gasteiger partial charge in [-0.2, -0.15) is 0 Å². The van der Waals surface area contributed by atoms with Crippen molar-refractivity contribution in [2.45, 2.75) is 58.9 Å². The van der Waals surface area contributed by atoms with Crippen LogP contribution in [-0.2, 0) is 17.4 Å². The Labute approximate surface area is 201 Å². The monoisotopic (exact) mass is 455 g/mol. The van der Waals surface area contributed by atoms with Crippen LogP contribution in [0.3, 0.4) is 0 Å². The summed E-state index contributed by atoms with van der Waals surface area (Å²) in [5.74, 6) is 0.872. The predicted molar refractivity (Wildman–Crippen MR) is 138 cm³/mol. The third kappa shape index (κ3) is 4.43. The number of nitrogens with zero attached hydrogens (tertiary/aromatic N) is 3. The minimum Gasteiger partial charge on any atom is -0.507 e. The maximum absolute atomic E-state index is 11.2. The van der Waals surface area contributed by atoms with Crippen LogP contribution in [0.25, 0.3) is 11.0 Å². The van der Waals surface area contributed by atoms with Crippen LogP contribution in [0.1, 0.15) is 69.6 Å². The van der Waals surface area contributed by atoms with Gasteiger partial charge in [0.05, 0.1) is 11.0 Å². The van der Waals surface area contributed by atoms with Gasteiger partial charge in [-0.25, -0.2) is 4.98 Å². The van der Waals surface area contributed by atoms with Gasteiger partial charge in [0.2, 0.25) is 0 Å². The van der Waals surface area contributed by atoms with E-state index in [0.29, 0.717) is 23.8 Å². The molecule has 4 rings (SSSR count). The van der Waals surface area contributed by atoms with Gasteiger partial charge in [-0.1, -0.05) is 89.2 Å². The summed E-state index contributed by atoms with van der Waals surface area (Å²) in [4.78, 5) is 4.87. The predicted octanol–water partition coefficient (Wildman–Crippen LogP) is 6.61. The largest absolute Gasteiger partial charge is 0.507 e. The fraction of sp³-hybridized carbons (Fsp3) is 0.310. The number of hydrogen-bond donors (Lipinski definition) is 2. The number of hydrogen-bond acceptors (Lipinski definition) is 4. The Morgan fingerprint density at radius 1 is 0.853 bits per heavy atom. The summed E-state index contributed by atoms with van der Waals surface area (Å²) in [6.07, 6.45) is 0. The molecule has 0 saturated carbocycles. The van der Waals surface area contributed by atoms with Crippen molar-refractivity contribution in [1.82, 2.24) is 9.55 Å². The molecule has 0 radical (unpaired) electrons. The summed E-state index contributed by atoms with van der Waals surface area (Å²) in [5.41, 5.74) is 5.04. The number of fused-ring (bicyclic) bond motifs is 1. The molecule has 1 aromatic heterocycles. The number of para-hydroxylation sites is 2. The van der Waals surface area contributed by atoms with Gasteiger partial charge in [-0.05, 0) is 40.7 Å². The Balaban J connectivity index is 1.97. The molecule has 0 bridgehead atoms. The Kier molecular flexibility index (Phi) is 5.98. The summed E-state index contributed by atoms with van der Waals surface area (Å²) < 4.78 is 2.08. The zero-order valence-electron chi connectivity index (χ0n) is 20.8. The number of aromatic hydroxyl groups is 1. The molecule has 0 spiro atoms. The first kappa shape index (κ1) is 23.6. The van der Waals surface area contributed by atoms with E-state index in [1.165, 1.54) is 0 Å². The van der Waals surface area contributed by atoms with Gasteiger partial charge in [0.15, 0.2) is 11.5 Å². The number of rotatable bonds is 4. The lowest BCUT2D eigenvalue weighted by Crippen LogP contribution is -2.20. The van der Waals surface area contributed by atoms with Crippen LogP contribution in [0.15, 0.2) is 71.9 Å². The number of imidazole rings is 1. The first-order valence-electron chi connectivity index (χ1n) is 11.6. The van der Waals surface area contributed by atoms with Crippen molar-refractivity contribution in [2.75, 3.05) is 0 Å². The second-order valence-corrected chi connectivity index (χ2v) is 10.9. The lowest BCUT2D eigenvalue weighted by atomic mass is 9.78. The Morgan fingerprint density at radius 3 is 1.97 bits per heavy atom. The minimum atomic E-state index is -0.301. The molecule has 0 aliphatic heterocycles. The number of oxime groups is 1. The third-order valence-electron chi connectivity index (χ3n) is 6.15. The van der Waals surface area contributed by atoms with Crippen molar-refractivity contribution in [3.63, 3.8) is 0 Å². The normalized spacial score (nSPS) is 12.9. The number of phenols is 1. The molecule has 34 heavy (non-hydrogen) atoms. The number of aromatic nitrogens is 2. The van der Waals surface area contributed by atoms with Crippen molar-refractivity contribution in [3.05, 3.63) is 94.8 Å².